The third-order valence-corrected chi connectivity index (χ3v) is 8.33. The predicted octanol–water partition coefficient (Wildman–Crippen LogP) is 9.49. The minimum absolute atomic E-state index is 0.919. The highest BCUT2D eigenvalue weighted by molar-refractivity contribution is 6.31. The maximum atomic E-state index is 5.14. The van der Waals surface area contributed by atoms with Crippen molar-refractivity contribution < 1.29 is 0 Å². The molecule has 0 aliphatic heterocycles. The minimum atomic E-state index is 0.919. The highest BCUT2D eigenvalue weighted by Crippen LogP contribution is 2.42. The summed E-state index contributed by atoms with van der Waals surface area (Å²) < 4.78 is 4.66. The van der Waals surface area contributed by atoms with Crippen molar-refractivity contribution in [3.63, 3.8) is 0 Å². The molecule has 0 amide bonds. The van der Waals surface area contributed by atoms with E-state index in [1.807, 2.05) is 24.4 Å². The number of fused-ring (bicyclic) bond motifs is 9. The standard InChI is InChI=1S/C38H24N4/c1-2-13-26(14-3-1)42-34-22-9-7-20-32(34)40-38(42)25-12-10-15-27(24-25)41-33-21-8-6-18-30(33)35-28-16-4-5-17-29(28)36-31(37(35)41)19-11-23-39-36/h1-24H. The number of para-hydroxylation sites is 4. The molecule has 9 rings (SSSR count). The fraction of sp³-hybridized carbons (Fsp3) is 0. The van der Waals surface area contributed by atoms with Crippen molar-refractivity contribution in [3.8, 4) is 22.8 Å². The maximum Gasteiger partial charge on any atom is 0.145 e. The van der Waals surface area contributed by atoms with Gasteiger partial charge in [-0.2, -0.15) is 0 Å². The molecule has 3 aromatic heterocycles. The van der Waals surface area contributed by atoms with Crippen molar-refractivity contribution in [1.29, 1.82) is 0 Å². The van der Waals surface area contributed by atoms with Crippen LogP contribution in [0, 0.1) is 0 Å². The summed E-state index contributed by atoms with van der Waals surface area (Å²) in [4.78, 5) is 10.0. The van der Waals surface area contributed by atoms with E-state index in [1.165, 1.54) is 32.6 Å². The van der Waals surface area contributed by atoms with Gasteiger partial charge in [-0.3, -0.25) is 9.55 Å². The number of hydrogen-bond donors (Lipinski definition) is 0. The SMILES string of the molecule is c1ccc(-n2c(-c3cccc(-n4c5ccccc5c5c6ccccc6c6ncccc6c54)c3)nc3ccccc32)cc1. The molecule has 196 valence electrons. The number of aromatic nitrogens is 4. The average Bonchev–Trinajstić information content (AvgIpc) is 3.63. The van der Waals surface area contributed by atoms with Crippen molar-refractivity contribution >= 4 is 54.5 Å². The fourth-order valence-corrected chi connectivity index (χ4v) is 6.60. The van der Waals surface area contributed by atoms with Gasteiger partial charge in [-0.15, -0.1) is 0 Å². The van der Waals surface area contributed by atoms with Gasteiger partial charge in [0.25, 0.3) is 0 Å². The van der Waals surface area contributed by atoms with Crippen LogP contribution in [-0.4, -0.2) is 19.1 Å². The van der Waals surface area contributed by atoms with Crippen LogP contribution in [0.2, 0.25) is 0 Å². The molecule has 0 bridgehead atoms. The van der Waals surface area contributed by atoms with Gasteiger partial charge in [0, 0.05) is 44.7 Å². The molecule has 0 spiro atoms. The molecule has 4 heteroatoms. The van der Waals surface area contributed by atoms with Crippen LogP contribution in [-0.2, 0) is 0 Å². The molecule has 0 unspecified atom stereocenters. The largest absolute Gasteiger partial charge is 0.309 e. The second kappa shape index (κ2) is 8.88. The lowest BCUT2D eigenvalue weighted by atomic mass is 10.00. The van der Waals surface area contributed by atoms with Crippen molar-refractivity contribution in [2.24, 2.45) is 0 Å². The molecule has 0 N–H and O–H groups in total. The quantitative estimate of drug-likeness (QED) is 0.211. The average molecular weight is 537 g/mol. The first-order chi connectivity index (χ1) is 20.9. The zero-order chi connectivity index (χ0) is 27.6. The molecule has 42 heavy (non-hydrogen) atoms. The molecular formula is C38H24N4. The number of hydrogen-bond acceptors (Lipinski definition) is 2. The third kappa shape index (κ3) is 3.23. The van der Waals surface area contributed by atoms with Crippen LogP contribution in [0.15, 0.2) is 146 Å². The summed E-state index contributed by atoms with van der Waals surface area (Å²) in [7, 11) is 0. The second-order valence-electron chi connectivity index (χ2n) is 10.7. The first-order valence-corrected chi connectivity index (χ1v) is 14.2. The maximum absolute atomic E-state index is 5.14. The predicted molar refractivity (Wildman–Crippen MR) is 174 cm³/mol. The number of imidazole rings is 1. The van der Waals surface area contributed by atoms with Gasteiger partial charge in [-0.05, 0) is 60.0 Å². The van der Waals surface area contributed by atoms with Crippen molar-refractivity contribution in [1.82, 2.24) is 19.1 Å². The minimum Gasteiger partial charge on any atom is -0.309 e. The van der Waals surface area contributed by atoms with Crippen LogP contribution >= 0.6 is 0 Å². The fourth-order valence-electron chi connectivity index (χ4n) is 6.60. The Kier molecular flexibility index (Phi) is 4.87. The molecule has 0 radical (unpaired) electrons. The second-order valence-corrected chi connectivity index (χ2v) is 10.7. The summed E-state index contributed by atoms with van der Waals surface area (Å²) in [5.41, 5.74) is 8.66. The van der Waals surface area contributed by atoms with E-state index >= 15 is 0 Å². The van der Waals surface area contributed by atoms with Crippen LogP contribution in [0.5, 0.6) is 0 Å². The lowest BCUT2D eigenvalue weighted by Gasteiger charge is -2.14. The Labute approximate surface area is 241 Å². The molecule has 6 aromatic carbocycles. The first kappa shape index (κ1) is 23.0. The Morgan fingerprint density at radius 3 is 2.05 bits per heavy atom. The van der Waals surface area contributed by atoms with E-state index in [4.69, 9.17) is 9.97 Å². The molecule has 3 heterocycles. The zero-order valence-electron chi connectivity index (χ0n) is 22.6. The lowest BCUT2D eigenvalue weighted by molar-refractivity contribution is 1.10. The molecule has 4 nitrogen and oxygen atoms in total. The topological polar surface area (TPSA) is 35.6 Å². The van der Waals surface area contributed by atoms with E-state index in [1.54, 1.807) is 0 Å². The van der Waals surface area contributed by atoms with Gasteiger partial charge in [0.05, 0.1) is 27.6 Å². The van der Waals surface area contributed by atoms with Gasteiger partial charge < -0.3 is 4.57 Å². The summed E-state index contributed by atoms with van der Waals surface area (Å²) in [6.07, 6.45) is 1.89. The van der Waals surface area contributed by atoms with Gasteiger partial charge in [-0.25, -0.2) is 4.98 Å². The zero-order valence-corrected chi connectivity index (χ0v) is 22.6. The van der Waals surface area contributed by atoms with Gasteiger partial charge in [-0.1, -0.05) is 84.9 Å². The normalized spacial score (nSPS) is 11.8. The number of pyridine rings is 1. The molecule has 0 fully saturated rings. The summed E-state index contributed by atoms with van der Waals surface area (Å²) in [5.74, 6) is 0.919. The summed E-state index contributed by atoms with van der Waals surface area (Å²) in [6, 6.07) is 49.2. The Morgan fingerprint density at radius 1 is 0.476 bits per heavy atom. The van der Waals surface area contributed by atoms with E-state index < -0.39 is 0 Å². The van der Waals surface area contributed by atoms with Crippen LogP contribution in [0.3, 0.4) is 0 Å². The van der Waals surface area contributed by atoms with E-state index in [-0.39, 0.29) is 0 Å². The third-order valence-electron chi connectivity index (χ3n) is 8.33. The molecule has 0 saturated heterocycles. The summed E-state index contributed by atoms with van der Waals surface area (Å²) in [6.45, 7) is 0. The Morgan fingerprint density at radius 2 is 1.17 bits per heavy atom. The van der Waals surface area contributed by atoms with Crippen LogP contribution in [0.4, 0.5) is 0 Å². The molecule has 9 aromatic rings. The van der Waals surface area contributed by atoms with Gasteiger partial charge in [0.1, 0.15) is 5.82 Å². The summed E-state index contributed by atoms with van der Waals surface area (Å²) in [5, 5.41) is 6.02. The lowest BCUT2D eigenvalue weighted by Crippen LogP contribution is -1.99. The van der Waals surface area contributed by atoms with E-state index in [0.29, 0.717) is 0 Å². The Balaban J connectivity index is 1.39. The summed E-state index contributed by atoms with van der Waals surface area (Å²) >= 11 is 0. The smallest absolute Gasteiger partial charge is 0.145 e. The van der Waals surface area contributed by atoms with Gasteiger partial charge in [0.15, 0.2) is 0 Å². The van der Waals surface area contributed by atoms with Crippen LogP contribution in [0.25, 0.3) is 77.3 Å². The van der Waals surface area contributed by atoms with Crippen molar-refractivity contribution in [3.05, 3.63) is 146 Å². The van der Waals surface area contributed by atoms with Crippen LogP contribution < -0.4 is 0 Å². The first-order valence-electron chi connectivity index (χ1n) is 14.2. The van der Waals surface area contributed by atoms with Gasteiger partial charge >= 0.3 is 0 Å². The highest BCUT2D eigenvalue weighted by atomic mass is 15.1. The number of rotatable bonds is 3. The monoisotopic (exact) mass is 536 g/mol. The van der Waals surface area contributed by atoms with Crippen molar-refractivity contribution in [2.45, 2.75) is 0 Å². The highest BCUT2D eigenvalue weighted by Gasteiger charge is 2.20. The number of benzene rings is 6. The van der Waals surface area contributed by atoms with E-state index in [0.717, 1.165) is 44.7 Å². The van der Waals surface area contributed by atoms with Crippen LogP contribution in [0.1, 0.15) is 0 Å². The Bertz CT molecular complexity index is 2470. The van der Waals surface area contributed by atoms with Gasteiger partial charge in [0.2, 0.25) is 0 Å². The van der Waals surface area contributed by atoms with E-state index in [2.05, 4.69) is 130 Å². The molecule has 0 aliphatic rings. The molecule has 0 saturated carbocycles. The number of nitrogens with zero attached hydrogens (tertiary/aromatic N) is 4. The van der Waals surface area contributed by atoms with Crippen molar-refractivity contribution in [2.75, 3.05) is 0 Å². The molecular weight excluding hydrogens is 512 g/mol. The molecule has 0 aliphatic carbocycles. The van der Waals surface area contributed by atoms with E-state index in [9.17, 15) is 0 Å². The molecule has 0 atom stereocenters. The Hall–Kier alpha value is -5.74.